The lowest BCUT2D eigenvalue weighted by molar-refractivity contribution is -0.143. The van der Waals surface area contributed by atoms with E-state index in [0.717, 1.165) is 4.90 Å². The summed E-state index contributed by atoms with van der Waals surface area (Å²) in [5.41, 5.74) is 9.59. The van der Waals surface area contributed by atoms with Gasteiger partial charge in [0.15, 0.2) is 0 Å². The first-order chi connectivity index (χ1) is 62.4. The number of nitrogens with two attached hydrogens (primary N) is 1. The van der Waals surface area contributed by atoms with Crippen LogP contribution in [-0.4, -0.2) is 298 Å². The number of aliphatic hydroxyl groups excluding tert-OH is 3. The number of carboxylic acids is 2. The Morgan fingerprint density at radius 1 is 0.420 bits per heavy atom. The Labute approximate surface area is 772 Å². The summed E-state index contributed by atoms with van der Waals surface area (Å²) in [6.45, 7) is 2.46. The molecule has 4 heterocycles. The normalized spacial score (nSPS) is 15.7. The van der Waals surface area contributed by atoms with E-state index in [0.29, 0.717) is 55.0 Å². The maximum Gasteiger partial charge on any atom is 0.326 e. The summed E-state index contributed by atoms with van der Waals surface area (Å²) in [5, 5.41) is 97.4. The lowest BCUT2D eigenvalue weighted by Crippen LogP contribution is -2.61. The minimum atomic E-state index is -1.87. The summed E-state index contributed by atoms with van der Waals surface area (Å²) in [7, 11) is 0. The number of nitrogens with zero attached hydrogens (tertiary/aromatic N) is 1. The molecule has 1 aliphatic heterocycles. The minimum absolute atomic E-state index is 0.0106. The van der Waals surface area contributed by atoms with Crippen LogP contribution in [0.1, 0.15) is 75.6 Å². The number of thiol groups is 4. The molecular weight excluding hydrogens is 1780 g/mol. The Bertz CT molecular complexity index is 5250. The number of benzene rings is 4. The third-order valence-electron chi connectivity index (χ3n) is 21.5. The average Bonchev–Trinajstić information content (AvgIpc) is 1.72. The van der Waals surface area contributed by atoms with Crippen molar-refractivity contribution < 1.29 is 112 Å². The van der Waals surface area contributed by atoms with Crippen LogP contribution in [0, 0.1) is 11.8 Å². The van der Waals surface area contributed by atoms with Crippen molar-refractivity contribution in [1.82, 2.24) is 94.3 Å². The van der Waals surface area contributed by atoms with E-state index < -0.39 is 241 Å². The Kier molecular flexibility index (Phi) is 39.7. The number of carbonyl (C=O) groups excluding carboxylic acids is 15. The highest BCUT2D eigenvalue weighted by Crippen LogP contribution is 2.25. The summed E-state index contributed by atoms with van der Waals surface area (Å²) in [6.07, 6.45) is 3.00. The first-order valence-electron chi connectivity index (χ1n) is 41.8. The number of phenols is 1. The minimum Gasteiger partial charge on any atom is -0.508 e. The summed E-state index contributed by atoms with van der Waals surface area (Å²) < 4.78 is 0. The van der Waals surface area contributed by atoms with E-state index in [9.17, 15) is 112 Å². The van der Waals surface area contributed by atoms with Gasteiger partial charge in [-0.05, 0) is 83.7 Å². The lowest BCUT2D eigenvalue weighted by atomic mass is 10.0. The van der Waals surface area contributed by atoms with Crippen molar-refractivity contribution in [2.24, 2.45) is 17.6 Å². The molecule has 7 aromatic rings. The number of fused-ring (bicyclic) bond motifs is 3. The van der Waals surface area contributed by atoms with Crippen molar-refractivity contribution in [2.45, 2.75) is 170 Å². The van der Waals surface area contributed by atoms with Crippen molar-refractivity contribution in [3.63, 3.8) is 0 Å². The number of aromatic amines is 3. The maximum atomic E-state index is 14.8. The zero-order valence-electron chi connectivity index (χ0n) is 71.7. The summed E-state index contributed by atoms with van der Waals surface area (Å²) in [6, 6.07) is 2.68. The van der Waals surface area contributed by atoms with Crippen LogP contribution in [0.3, 0.4) is 0 Å². The average molecular weight is 1900 g/mol. The van der Waals surface area contributed by atoms with Gasteiger partial charge in [-0.25, -0.2) is 4.79 Å². The van der Waals surface area contributed by atoms with E-state index in [4.69, 9.17) is 5.73 Å². The standard InChI is InChI=1S/C85H111N19O23S4/c1-41(2)24-60(85(126)127)96-74(115)56(26-44-30-87-52-15-8-5-12-48(44)52)93-78(119)61(34-105)98-79(120)63(36-107)99-82(123)67-18-11-23-104(67)84(125)66(40-131)102-76(117)58(28-46-32-89-54-17-10-7-14-50(46)54)95-83(124)70(42(3)4)103-68(109)33-90-72(113)64(38-129)100-80(121)62(35-106)97-75(116)57(27-45-31-88-53-16-9-6-13-49(45)53)94-81(122)65(39-130)101-73(114)55(25-43-19-21-47(108)22-20-43)92-77(118)59(29-69(110)111)91-71(112)51(86)37-128/h5-10,12-17,19-22,30-32,41-42,51,55-67,70,87-89,105-108,128-131H,11,18,23-29,33-40,86H2,1-4H3,(H,90,113)(H,91,112)(H,92,118)(H,93,119)(H,94,122)(H,95,124)(H,96,115)(H,97,116)(H,98,120)(H,99,123)(H,100,121)(H,101,114)(H,102,117)(H,103,109)(H,110,111)(H,126,127)/t51-,55-,56-,57-,58-,59-,60-,61-,62-,63-,64-,65-,66-,67-,70-/m0/s1. The number of phenolic OH excluding ortho intramolecular Hbond substituents is 1. The number of nitrogens with one attached hydrogen (secondary N) is 17. The van der Waals surface area contributed by atoms with Crippen LogP contribution in [0.15, 0.2) is 116 Å². The van der Waals surface area contributed by atoms with Crippen molar-refractivity contribution in [3.05, 3.63) is 138 Å². The fourth-order valence-corrected chi connectivity index (χ4v) is 15.3. The van der Waals surface area contributed by atoms with Gasteiger partial charge in [-0.15, -0.1) is 0 Å². The van der Waals surface area contributed by atoms with Gasteiger partial charge in [0.2, 0.25) is 88.6 Å². The lowest BCUT2D eigenvalue weighted by Gasteiger charge is -2.30. The zero-order valence-corrected chi connectivity index (χ0v) is 75.3. The molecule has 3 aromatic heterocycles. The van der Waals surface area contributed by atoms with Crippen LogP contribution in [0.2, 0.25) is 0 Å². The van der Waals surface area contributed by atoms with E-state index in [1.54, 1.807) is 119 Å². The number of aliphatic carboxylic acids is 2. The first kappa shape index (κ1) is 104. The number of carbonyl (C=O) groups is 17. The second-order valence-corrected chi connectivity index (χ2v) is 33.4. The van der Waals surface area contributed by atoms with Gasteiger partial charge in [0.25, 0.3) is 0 Å². The molecule has 25 N–H and O–H groups in total. The molecule has 4 aromatic carbocycles. The van der Waals surface area contributed by atoms with Gasteiger partial charge in [0, 0.05) is 107 Å². The molecule has 131 heavy (non-hydrogen) atoms. The molecule has 0 unspecified atom stereocenters. The molecule has 0 radical (unpaired) electrons. The van der Waals surface area contributed by atoms with E-state index >= 15 is 0 Å². The molecule has 1 aliphatic rings. The van der Waals surface area contributed by atoms with Crippen LogP contribution < -0.4 is 80.2 Å². The number of likely N-dealkylation sites (tertiary alicyclic amines) is 1. The molecule has 8 rings (SSSR count). The number of aliphatic hydroxyl groups is 3. The number of carboxylic acid groups (broad SMARTS) is 2. The predicted octanol–water partition coefficient (Wildman–Crippen LogP) is -4.20. The van der Waals surface area contributed by atoms with E-state index in [1.807, 2.05) is 0 Å². The van der Waals surface area contributed by atoms with Crippen molar-refractivity contribution in [1.29, 1.82) is 0 Å². The topological polar surface area (TPSA) is 657 Å². The summed E-state index contributed by atoms with van der Waals surface area (Å²) in [5.74, 6) is -20.6. The fraction of sp³-hybridized carbons (Fsp3) is 0.447. The summed E-state index contributed by atoms with van der Waals surface area (Å²) in [4.78, 5) is 246. The molecule has 42 nitrogen and oxygen atoms in total. The second kappa shape index (κ2) is 50.1. The summed E-state index contributed by atoms with van der Waals surface area (Å²) >= 11 is 16.9. The quantitative estimate of drug-likeness (QED) is 0.0161. The Balaban J connectivity index is 0.894. The number of rotatable bonds is 50. The predicted molar refractivity (Wildman–Crippen MR) is 489 cm³/mol. The molecule has 0 spiro atoms. The number of hydrogen-bond donors (Lipinski definition) is 28. The molecule has 0 saturated carbocycles. The van der Waals surface area contributed by atoms with Crippen molar-refractivity contribution in [3.8, 4) is 5.75 Å². The number of aromatic nitrogens is 3. The highest BCUT2D eigenvalue weighted by molar-refractivity contribution is 7.80. The molecule has 0 bridgehead atoms. The number of amides is 15. The molecule has 1 saturated heterocycles. The second-order valence-electron chi connectivity index (χ2n) is 31.9. The van der Waals surface area contributed by atoms with Gasteiger partial charge in [-0.3, -0.25) is 76.7 Å². The maximum absolute atomic E-state index is 14.8. The van der Waals surface area contributed by atoms with Gasteiger partial charge in [0.1, 0.15) is 90.3 Å². The van der Waals surface area contributed by atoms with Crippen molar-refractivity contribution >= 4 is 184 Å². The largest absolute Gasteiger partial charge is 0.508 e. The van der Waals surface area contributed by atoms with Gasteiger partial charge in [-0.2, -0.15) is 50.5 Å². The first-order valence-corrected chi connectivity index (χ1v) is 44.4. The fourth-order valence-electron chi connectivity index (χ4n) is 14.4. The highest BCUT2D eigenvalue weighted by Gasteiger charge is 2.42. The van der Waals surface area contributed by atoms with Crippen LogP contribution in [0.25, 0.3) is 32.7 Å². The van der Waals surface area contributed by atoms with Gasteiger partial charge in [0.05, 0.1) is 38.8 Å². The molecule has 46 heteroatoms. The monoisotopic (exact) mass is 1890 g/mol. The van der Waals surface area contributed by atoms with Crippen LogP contribution in [-0.2, 0) is 107 Å². The molecule has 0 aliphatic carbocycles. The molecule has 1 fully saturated rings. The van der Waals surface area contributed by atoms with Gasteiger partial charge < -0.3 is 131 Å². The molecule has 15 atom stereocenters. The highest BCUT2D eigenvalue weighted by atomic mass is 32.1. The molecule has 15 amide bonds. The van der Waals surface area contributed by atoms with E-state index in [1.165, 1.54) is 24.3 Å². The van der Waals surface area contributed by atoms with E-state index in [-0.39, 0.29) is 74.7 Å². The molecule has 708 valence electrons. The van der Waals surface area contributed by atoms with Gasteiger partial charge >= 0.3 is 11.9 Å². The Morgan fingerprint density at radius 2 is 0.786 bits per heavy atom. The Morgan fingerprint density at radius 3 is 1.20 bits per heavy atom. The third-order valence-corrected chi connectivity index (χ3v) is 23.0. The van der Waals surface area contributed by atoms with Gasteiger partial charge in [-0.1, -0.05) is 94.4 Å². The van der Waals surface area contributed by atoms with Crippen LogP contribution in [0.5, 0.6) is 5.75 Å². The zero-order chi connectivity index (χ0) is 96.0. The van der Waals surface area contributed by atoms with E-state index in [2.05, 4.69) is 140 Å². The van der Waals surface area contributed by atoms with Crippen molar-refractivity contribution in [2.75, 3.05) is 55.9 Å². The third kappa shape index (κ3) is 29.5. The SMILES string of the molecule is CC(C)C[C@H](NC(=O)[C@H](Cc1c[nH]c2ccccc12)NC(=O)[C@H](CO)NC(=O)[C@H](CO)NC(=O)[C@@H]1CCCN1C(=O)[C@H](CS)NC(=O)[C@H](Cc1c[nH]c2ccccc12)NC(=O)[C@@H](NC(=O)CNC(=O)[C@H](CS)NC(=O)[C@H](CO)NC(=O)[C@H](Cc1c[nH]c2ccccc12)NC(=O)[C@H](CS)NC(=O)[C@H](Cc1ccc(O)cc1)NC(=O)[C@H](CC(=O)O)NC(=O)[C@@H](N)CS)C(C)C)C(=O)O. The number of para-hydroxylation sites is 3. The number of H-pyrrole nitrogens is 3. The number of hydrogen-bond acceptors (Lipinski definition) is 26. The molecular formula is C85H111N19O23S4. The number of aromatic hydroxyl groups is 1. The van der Waals surface area contributed by atoms with Crippen LogP contribution >= 0.6 is 50.5 Å². The smallest absolute Gasteiger partial charge is 0.326 e. The van der Waals surface area contributed by atoms with Crippen LogP contribution in [0.4, 0.5) is 0 Å². The Hall–Kier alpha value is -12.5.